The van der Waals surface area contributed by atoms with Crippen LogP contribution in [0.15, 0.2) is 0 Å². The number of nitrogens with one attached hydrogen (secondary N) is 2. The van der Waals surface area contributed by atoms with Gasteiger partial charge in [-0.1, -0.05) is 0 Å². The number of carbonyl (C=O) groups is 1. The number of hydrogen-bond donors (Lipinski definition) is 3. The maximum absolute atomic E-state index is 11.7. The number of rotatable bonds is 5. The van der Waals surface area contributed by atoms with Crippen LogP contribution in [0.1, 0.15) is 38.5 Å². The molecule has 0 aromatic rings. The lowest BCUT2D eigenvalue weighted by Gasteiger charge is -2.48. The highest BCUT2D eigenvalue weighted by Crippen LogP contribution is 2.38. The van der Waals surface area contributed by atoms with Crippen molar-refractivity contribution < 1.29 is 18.3 Å². The fourth-order valence-electron chi connectivity index (χ4n) is 2.78. The van der Waals surface area contributed by atoms with Crippen LogP contribution < -0.4 is 10.0 Å². The summed E-state index contributed by atoms with van der Waals surface area (Å²) >= 11 is 0. The molecule has 18 heavy (non-hydrogen) atoms. The van der Waals surface area contributed by atoms with E-state index < -0.39 is 16.0 Å². The molecule has 1 spiro atoms. The molecule has 6 nitrogen and oxygen atoms in total. The fraction of sp³-hybridized carbons (Fsp3) is 0.909. The summed E-state index contributed by atoms with van der Waals surface area (Å²) < 4.78 is 26.1. The molecule has 104 valence electrons. The molecule has 3 N–H and O–H groups in total. The molecule has 0 aromatic heterocycles. The summed E-state index contributed by atoms with van der Waals surface area (Å²) in [5, 5.41) is 12.0. The normalized spacial score (nSPS) is 26.8. The van der Waals surface area contributed by atoms with Gasteiger partial charge in [0, 0.05) is 11.6 Å². The van der Waals surface area contributed by atoms with Crippen molar-refractivity contribution in [1.82, 2.24) is 10.0 Å². The standard InChI is InChI=1S/C11H20N2O4S/c14-10(15)3-7-18(16,17)13-9-2-6-12-11(8-9)4-1-5-11/h9,12-13H,1-8H2,(H,14,15). The maximum atomic E-state index is 11.7. The van der Waals surface area contributed by atoms with Gasteiger partial charge in [0.1, 0.15) is 0 Å². The topological polar surface area (TPSA) is 95.5 Å². The number of piperidine rings is 1. The molecule has 0 aromatic carbocycles. The SMILES string of the molecule is O=C(O)CCS(=O)(=O)NC1CCNC2(CCC2)C1. The summed E-state index contributed by atoms with van der Waals surface area (Å²) in [6.45, 7) is 0.826. The van der Waals surface area contributed by atoms with Gasteiger partial charge in [-0.25, -0.2) is 13.1 Å². The Balaban J connectivity index is 1.86. The van der Waals surface area contributed by atoms with Gasteiger partial charge >= 0.3 is 5.97 Å². The van der Waals surface area contributed by atoms with Gasteiger partial charge < -0.3 is 10.4 Å². The van der Waals surface area contributed by atoms with Crippen molar-refractivity contribution in [3.8, 4) is 0 Å². The molecule has 0 radical (unpaired) electrons. The molecule has 1 saturated heterocycles. The van der Waals surface area contributed by atoms with Gasteiger partial charge in [0.05, 0.1) is 12.2 Å². The van der Waals surface area contributed by atoms with E-state index in [9.17, 15) is 13.2 Å². The lowest BCUT2D eigenvalue weighted by Crippen LogP contribution is -2.59. The van der Waals surface area contributed by atoms with Crippen molar-refractivity contribution in [2.45, 2.75) is 50.1 Å². The summed E-state index contributed by atoms with van der Waals surface area (Å²) in [4.78, 5) is 10.4. The Hall–Kier alpha value is -0.660. The number of carboxylic acids is 1. The van der Waals surface area contributed by atoms with Crippen LogP contribution in [0.4, 0.5) is 0 Å². The van der Waals surface area contributed by atoms with E-state index >= 15 is 0 Å². The number of hydrogen-bond acceptors (Lipinski definition) is 4. The van der Waals surface area contributed by atoms with Gasteiger partial charge in [-0.3, -0.25) is 4.79 Å². The second-order valence-corrected chi connectivity index (χ2v) is 7.20. The molecule has 1 heterocycles. The molecule has 1 aliphatic carbocycles. The fourth-order valence-corrected chi connectivity index (χ4v) is 4.05. The first kappa shape index (κ1) is 13.8. The Labute approximate surface area is 107 Å². The van der Waals surface area contributed by atoms with Crippen LogP contribution >= 0.6 is 0 Å². The van der Waals surface area contributed by atoms with Crippen molar-refractivity contribution in [2.24, 2.45) is 0 Å². The molecule has 1 saturated carbocycles. The Morgan fingerprint density at radius 1 is 1.44 bits per heavy atom. The molecular weight excluding hydrogens is 256 g/mol. The number of aliphatic carboxylic acids is 1. The first-order chi connectivity index (χ1) is 8.41. The first-order valence-electron chi connectivity index (χ1n) is 6.38. The van der Waals surface area contributed by atoms with Crippen LogP contribution in [0.5, 0.6) is 0 Å². The van der Waals surface area contributed by atoms with Gasteiger partial charge in [0.2, 0.25) is 10.0 Å². The highest BCUT2D eigenvalue weighted by molar-refractivity contribution is 7.89. The van der Waals surface area contributed by atoms with E-state index in [0.717, 1.165) is 32.2 Å². The quantitative estimate of drug-likeness (QED) is 0.659. The number of sulfonamides is 1. The molecule has 1 atom stereocenters. The van der Waals surface area contributed by atoms with Crippen LogP contribution in [0, 0.1) is 0 Å². The monoisotopic (exact) mass is 276 g/mol. The zero-order valence-electron chi connectivity index (χ0n) is 10.3. The van der Waals surface area contributed by atoms with Gasteiger partial charge in [0.25, 0.3) is 0 Å². The molecule has 0 amide bonds. The van der Waals surface area contributed by atoms with E-state index in [1.165, 1.54) is 6.42 Å². The Bertz CT molecular complexity index is 417. The molecule has 7 heteroatoms. The zero-order chi connectivity index (χ0) is 13.2. The average molecular weight is 276 g/mol. The van der Waals surface area contributed by atoms with Gasteiger partial charge in [-0.2, -0.15) is 0 Å². The van der Waals surface area contributed by atoms with Crippen molar-refractivity contribution in [1.29, 1.82) is 0 Å². The van der Waals surface area contributed by atoms with E-state index in [1.54, 1.807) is 0 Å². The van der Waals surface area contributed by atoms with E-state index in [4.69, 9.17) is 5.11 Å². The molecule has 1 aliphatic heterocycles. The molecule has 2 fully saturated rings. The summed E-state index contributed by atoms with van der Waals surface area (Å²) in [6, 6.07) is -0.0506. The predicted molar refractivity (Wildman–Crippen MR) is 66.8 cm³/mol. The van der Waals surface area contributed by atoms with Crippen LogP contribution in [-0.4, -0.2) is 43.4 Å². The Morgan fingerprint density at radius 2 is 2.17 bits per heavy atom. The Morgan fingerprint density at radius 3 is 2.72 bits per heavy atom. The summed E-state index contributed by atoms with van der Waals surface area (Å²) in [5.74, 6) is -1.42. The van der Waals surface area contributed by atoms with Crippen molar-refractivity contribution in [3.05, 3.63) is 0 Å². The lowest BCUT2D eigenvalue weighted by atomic mass is 9.70. The minimum absolute atomic E-state index is 0.0506. The summed E-state index contributed by atoms with van der Waals surface area (Å²) in [6.07, 6.45) is 4.67. The van der Waals surface area contributed by atoms with Gasteiger partial charge in [-0.05, 0) is 38.6 Å². The molecule has 2 rings (SSSR count). The van der Waals surface area contributed by atoms with Crippen LogP contribution in [0.2, 0.25) is 0 Å². The van der Waals surface area contributed by atoms with Crippen molar-refractivity contribution in [2.75, 3.05) is 12.3 Å². The third-order valence-corrected chi connectivity index (χ3v) is 5.31. The second-order valence-electron chi connectivity index (χ2n) is 5.33. The highest BCUT2D eigenvalue weighted by Gasteiger charge is 2.41. The minimum Gasteiger partial charge on any atom is -0.481 e. The molecular formula is C11H20N2O4S. The van der Waals surface area contributed by atoms with Gasteiger partial charge in [-0.15, -0.1) is 0 Å². The zero-order valence-corrected chi connectivity index (χ0v) is 11.1. The van der Waals surface area contributed by atoms with E-state index in [2.05, 4.69) is 10.0 Å². The van der Waals surface area contributed by atoms with E-state index in [0.29, 0.717) is 0 Å². The van der Waals surface area contributed by atoms with Crippen molar-refractivity contribution in [3.63, 3.8) is 0 Å². The molecule has 0 bridgehead atoms. The average Bonchev–Trinajstić information content (AvgIpc) is 2.24. The first-order valence-corrected chi connectivity index (χ1v) is 8.03. The maximum Gasteiger partial charge on any atom is 0.304 e. The largest absolute Gasteiger partial charge is 0.481 e. The van der Waals surface area contributed by atoms with Crippen molar-refractivity contribution >= 4 is 16.0 Å². The van der Waals surface area contributed by atoms with Crippen LogP contribution in [0.3, 0.4) is 0 Å². The summed E-state index contributed by atoms with van der Waals surface area (Å²) in [7, 11) is -3.47. The minimum atomic E-state index is -3.47. The third kappa shape index (κ3) is 3.43. The van der Waals surface area contributed by atoms with Crippen LogP contribution in [-0.2, 0) is 14.8 Å². The lowest BCUT2D eigenvalue weighted by molar-refractivity contribution is -0.136. The molecule has 2 aliphatic rings. The van der Waals surface area contributed by atoms with Crippen LogP contribution in [0.25, 0.3) is 0 Å². The Kier molecular flexibility index (Phi) is 3.93. The smallest absolute Gasteiger partial charge is 0.304 e. The third-order valence-electron chi connectivity index (χ3n) is 3.87. The summed E-state index contributed by atoms with van der Waals surface area (Å²) in [5.41, 5.74) is 0.137. The van der Waals surface area contributed by atoms with Gasteiger partial charge in [0.15, 0.2) is 0 Å². The van der Waals surface area contributed by atoms with E-state index in [-0.39, 0.29) is 23.8 Å². The highest BCUT2D eigenvalue weighted by atomic mass is 32.2. The number of carboxylic acid groups (broad SMARTS) is 1. The molecule has 1 unspecified atom stereocenters. The van der Waals surface area contributed by atoms with E-state index in [1.807, 2.05) is 0 Å². The predicted octanol–water partition coefficient (Wildman–Crippen LogP) is 0.0552. The second kappa shape index (κ2) is 5.14.